The summed E-state index contributed by atoms with van der Waals surface area (Å²) in [6.45, 7) is 2.26. The van der Waals surface area contributed by atoms with Crippen LogP contribution in [0.5, 0.6) is 5.88 Å². The number of aryl methyl sites for hydroxylation is 2. The van der Waals surface area contributed by atoms with Gasteiger partial charge in [0.05, 0.1) is 28.7 Å². The minimum Gasteiger partial charge on any atom is -0.468 e. The van der Waals surface area contributed by atoms with Crippen molar-refractivity contribution in [3.8, 4) is 5.88 Å². The van der Waals surface area contributed by atoms with Gasteiger partial charge in [-0.1, -0.05) is 11.6 Å². The van der Waals surface area contributed by atoms with Crippen LogP contribution in [0.2, 0.25) is 0 Å². The number of amides is 1. The Kier molecular flexibility index (Phi) is 4.98. The van der Waals surface area contributed by atoms with Crippen LogP contribution in [0.3, 0.4) is 0 Å². The molecule has 1 N–H and O–H groups in total. The molecule has 5 nitrogen and oxygen atoms in total. The molecule has 3 aromatic rings. The summed E-state index contributed by atoms with van der Waals surface area (Å²) >= 11 is 0. The van der Waals surface area contributed by atoms with Gasteiger partial charge in [0.15, 0.2) is 6.61 Å². The second kappa shape index (κ2) is 7.22. The van der Waals surface area contributed by atoms with Crippen LogP contribution < -0.4 is 10.1 Å². The van der Waals surface area contributed by atoms with E-state index >= 15 is 0 Å². The number of pyridine rings is 2. The second-order valence-corrected chi connectivity index (χ2v) is 6.06. The van der Waals surface area contributed by atoms with Gasteiger partial charge in [-0.3, -0.25) is 9.78 Å². The topological polar surface area (TPSA) is 64.1 Å². The number of halogens is 3. The van der Waals surface area contributed by atoms with Crippen molar-refractivity contribution in [2.75, 3.05) is 11.9 Å². The molecular weight excluding hydrogens is 359 g/mol. The Balaban J connectivity index is 1.75. The van der Waals surface area contributed by atoms with Crippen LogP contribution in [0.4, 0.5) is 18.9 Å². The summed E-state index contributed by atoms with van der Waals surface area (Å²) in [4.78, 5) is 20.7. The second-order valence-electron chi connectivity index (χ2n) is 6.06. The average Bonchev–Trinajstić information content (AvgIpc) is 2.60. The molecule has 3 rings (SSSR count). The molecule has 0 bridgehead atoms. The molecule has 0 aliphatic rings. The lowest BCUT2D eigenvalue weighted by Crippen LogP contribution is -2.19. The SMILES string of the molecule is Cc1ccc2nc(C)c(C(=O)Nc3ccc(OCC(F)(F)F)nc3)cc2c1. The summed E-state index contributed by atoms with van der Waals surface area (Å²) in [6, 6.07) is 10.2. The summed E-state index contributed by atoms with van der Waals surface area (Å²) in [5, 5.41) is 3.51. The highest BCUT2D eigenvalue weighted by molar-refractivity contribution is 6.06. The highest BCUT2D eigenvalue weighted by Gasteiger charge is 2.28. The Labute approximate surface area is 153 Å². The van der Waals surface area contributed by atoms with Gasteiger partial charge in [0, 0.05) is 11.5 Å². The van der Waals surface area contributed by atoms with E-state index in [9.17, 15) is 18.0 Å². The Morgan fingerprint density at radius 2 is 1.93 bits per heavy atom. The van der Waals surface area contributed by atoms with Crippen LogP contribution in [-0.2, 0) is 0 Å². The van der Waals surface area contributed by atoms with Gasteiger partial charge < -0.3 is 10.1 Å². The smallest absolute Gasteiger partial charge is 0.422 e. The Hall–Kier alpha value is -3.16. The van der Waals surface area contributed by atoms with Crippen molar-refractivity contribution in [1.29, 1.82) is 0 Å². The number of nitrogens with one attached hydrogen (secondary N) is 1. The predicted octanol–water partition coefficient (Wildman–Crippen LogP) is 4.44. The summed E-state index contributed by atoms with van der Waals surface area (Å²) in [7, 11) is 0. The Morgan fingerprint density at radius 1 is 1.15 bits per heavy atom. The minimum absolute atomic E-state index is 0.177. The zero-order chi connectivity index (χ0) is 19.6. The monoisotopic (exact) mass is 375 g/mol. The number of fused-ring (bicyclic) bond motifs is 1. The first-order valence-corrected chi connectivity index (χ1v) is 8.06. The maximum atomic E-state index is 12.5. The van der Waals surface area contributed by atoms with E-state index in [0.717, 1.165) is 16.5 Å². The molecule has 0 saturated carbocycles. The molecule has 8 heteroatoms. The van der Waals surface area contributed by atoms with E-state index in [1.54, 1.807) is 13.0 Å². The molecule has 0 aliphatic heterocycles. The van der Waals surface area contributed by atoms with Crippen LogP contribution in [0.25, 0.3) is 10.9 Å². The summed E-state index contributed by atoms with van der Waals surface area (Å²) in [5.41, 5.74) is 3.16. The zero-order valence-corrected chi connectivity index (χ0v) is 14.6. The molecule has 0 fully saturated rings. The fraction of sp³-hybridized carbons (Fsp3) is 0.211. The molecule has 140 valence electrons. The lowest BCUT2D eigenvalue weighted by molar-refractivity contribution is -0.154. The molecule has 0 atom stereocenters. The zero-order valence-electron chi connectivity index (χ0n) is 14.6. The van der Waals surface area contributed by atoms with E-state index < -0.39 is 12.8 Å². The van der Waals surface area contributed by atoms with Crippen LogP contribution in [0.15, 0.2) is 42.6 Å². The van der Waals surface area contributed by atoms with Crippen molar-refractivity contribution in [3.05, 3.63) is 59.4 Å². The molecule has 0 unspecified atom stereocenters. The number of aromatic nitrogens is 2. The standard InChI is InChI=1S/C19H16F3N3O2/c1-11-3-5-16-13(7-11)8-15(12(2)24-16)18(26)25-14-4-6-17(23-9-14)27-10-19(20,21)22/h3-9H,10H2,1-2H3,(H,25,26). The van der Waals surface area contributed by atoms with Gasteiger partial charge in [0.2, 0.25) is 5.88 Å². The van der Waals surface area contributed by atoms with E-state index in [-0.39, 0.29) is 11.8 Å². The highest BCUT2D eigenvalue weighted by atomic mass is 19.4. The molecule has 27 heavy (non-hydrogen) atoms. The minimum atomic E-state index is -4.44. The normalized spacial score (nSPS) is 11.4. The first kappa shape index (κ1) is 18.6. The maximum absolute atomic E-state index is 12.5. The van der Waals surface area contributed by atoms with Gasteiger partial charge >= 0.3 is 6.18 Å². The highest BCUT2D eigenvalue weighted by Crippen LogP contribution is 2.21. The third-order valence-corrected chi connectivity index (χ3v) is 3.78. The van der Waals surface area contributed by atoms with Crippen molar-refractivity contribution in [3.63, 3.8) is 0 Å². The van der Waals surface area contributed by atoms with Crippen molar-refractivity contribution in [2.45, 2.75) is 20.0 Å². The van der Waals surface area contributed by atoms with E-state index in [0.29, 0.717) is 16.9 Å². The van der Waals surface area contributed by atoms with Crippen LogP contribution >= 0.6 is 0 Å². The fourth-order valence-electron chi connectivity index (χ4n) is 2.52. The van der Waals surface area contributed by atoms with Crippen molar-refractivity contribution in [1.82, 2.24) is 9.97 Å². The Bertz CT molecular complexity index is 986. The van der Waals surface area contributed by atoms with Crippen LogP contribution in [0.1, 0.15) is 21.6 Å². The van der Waals surface area contributed by atoms with Gasteiger partial charge in [-0.25, -0.2) is 4.98 Å². The first-order chi connectivity index (χ1) is 12.7. The number of carbonyl (C=O) groups is 1. The van der Waals surface area contributed by atoms with Gasteiger partial charge in [0.1, 0.15) is 0 Å². The summed E-state index contributed by atoms with van der Waals surface area (Å²) in [5.74, 6) is -0.557. The molecular formula is C19H16F3N3O2. The van der Waals surface area contributed by atoms with E-state index in [2.05, 4.69) is 20.0 Å². The number of hydrogen-bond donors (Lipinski definition) is 1. The number of anilines is 1. The number of benzene rings is 1. The predicted molar refractivity (Wildman–Crippen MR) is 95.0 cm³/mol. The van der Waals surface area contributed by atoms with Gasteiger partial charge in [-0.15, -0.1) is 0 Å². The van der Waals surface area contributed by atoms with Crippen molar-refractivity contribution >= 4 is 22.5 Å². The van der Waals surface area contributed by atoms with Crippen LogP contribution in [0, 0.1) is 13.8 Å². The average molecular weight is 375 g/mol. The molecule has 1 amide bonds. The third-order valence-electron chi connectivity index (χ3n) is 3.78. The van der Waals surface area contributed by atoms with Gasteiger partial charge in [-0.2, -0.15) is 13.2 Å². The number of alkyl halides is 3. The first-order valence-electron chi connectivity index (χ1n) is 8.06. The molecule has 0 radical (unpaired) electrons. The number of hydrogen-bond acceptors (Lipinski definition) is 4. The van der Waals surface area contributed by atoms with E-state index in [1.807, 2.05) is 25.1 Å². The molecule has 0 spiro atoms. The van der Waals surface area contributed by atoms with E-state index in [1.165, 1.54) is 18.3 Å². The van der Waals surface area contributed by atoms with Crippen molar-refractivity contribution in [2.24, 2.45) is 0 Å². The largest absolute Gasteiger partial charge is 0.468 e. The summed E-state index contributed by atoms with van der Waals surface area (Å²) in [6.07, 6.45) is -3.20. The molecule has 2 heterocycles. The molecule has 1 aromatic carbocycles. The maximum Gasteiger partial charge on any atom is 0.422 e. The number of ether oxygens (including phenoxy) is 1. The van der Waals surface area contributed by atoms with E-state index in [4.69, 9.17) is 0 Å². The molecule has 2 aromatic heterocycles. The quantitative estimate of drug-likeness (QED) is 0.732. The van der Waals surface area contributed by atoms with Gasteiger partial charge in [0.25, 0.3) is 5.91 Å². The Morgan fingerprint density at radius 3 is 2.59 bits per heavy atom. The lowest BCUT2D eigenvalue weighted by atomic mass is 10.1. The molecule has 0 saturated heterocycles. The summed E-state index contributed by atoms with van der Waals surface area (Å²) < 4.78 is 40.9. The fourth-order valence-corrected chi connectivity index (χ4v) is 2.52. The molecule has 0 aliphatic carbocycles. The number of rotatable bonds is 4. The van der Waals surface area contributed by atoms with Gasteiger partial charge in [-0.05, 0) is 38.1 Å². The lowest BCUT2D eigenvalue weighted by Gasteiger charge is -2.10. The number of carbonyl (C=O) groups excluding carboxylic acids is 1. The third kappa shape index (κ3) is 4.72. The number of nitrogens with zero attached hydrogens (tertiary/aromatic N) is 2. The van der Waals surface area contributed by atoms with Crippen molar-refractivity contribution < 1.29 is 22.7 Å². The van der Waals surface area contributed by atoms with Crippen LogP contribution in [-0.4, -0.2) is 28.7 Å².